The Morgan fingerprint density at radius 2 is 2.04 bits per heavy atom. The van der Waals surface area contributed by atoms with E-state index in [-0.39, 0.29) is 23.6 Å². The van der Waals surface area contributed by atoms with Crippen molar-refractivity contribution < 1.29 is 14.3 Å². The number of amidine groups is 1. The monoisotopic (exact) mass is 389 g/mol. The maximum Gasteiger partial charge on any atom is 0.263 e. The Hall–Kier alpha value is -2.02. The molecule has 1 unspecified atom stereocenters. The van der Waals surface area contributed by atoms with Gasteiger partial charge in [0.1, 0.15) is 11.0 Å². The van der Waals surface area contributed by atoms with E-state index < -0.39 is 0 Å². The second-order valence-electron chi connectivity index (χ2n) is 7.10. The summed E-state index contributed by atoms with van der Waals surface area (Å²) >= 11 is 1.40. The van der Waals surface area contributed by atoms with E-state index in [0.29, 0.717) is 28.4 Å². The van der Waals surface area contributed by atoms with Gasteiger partial charge in [-0.05, 0) is 37.8 Å². The molecule has 7 heteroatoms. The second-order valence-corrected chi connectivity index (χ2v) is 8.29. The van der Waals surface area contributed by atoms with Gasteiger partial charge in [-0.1, -0.05) is 43.2 Å². The summed E-state index contributed by atoms with van der Waals surface area (Å²) in [5.74, 6) is 0.707. The maximum absolute atomic E-state index is 12.4. The van der Waals surface area contributed by atoms with Crippen LogP contribution in [0.3, 0.4) is 0 Å². The molecule has 1 saturated carbocycles. The molecule has 1 fully saturated rings. The summed E-state index contributed by atoms with van der Waals surface area (Å²) in [4.78, 5) is 28.7. The molecule has 0 saturated heterocycles. The van der Waals surface area contributed by atoms with Crippen LogP contribution in [0.25, 0.3) is 0 Å². The van der Waals surface area contributed by atoms with Gasteiger partial charge in [-0.15, -0.1) is 0 Å². The Labute approximate surface area is 164 Å². The van der Waals surface area contributed by atoms with Gasteiger partial charge in [0.05, 0.1) is 12.7 Å². The number of benzene rings is 1. The Bertz CT molecular complexity index is 716. The number of carbonyl (C=O) groups excluding carboxylic acids is 2. The molecule has 1 aromatic carbocycles. The highest BCUT2D eigenvalue weighted by molar-refractivity contribution is 8.15. The Kier molecular flexibility index (Phi) is 6.77. The van der Waals surface area contributed by atoms with Crippen molar-refractivity contribution in [1.82, 2.24) is 10.6 Å². The third-order valence-corrected chi connectivity index (χ3v) is 6.33. The van der Waals surface area contributed by atoms with Crippen LogP contribution >= 0.6 is 11.8 Å². The zero-order valence-electron chi connectivity index (χ0n) is 15.9. The molecule has 0 bridgehead atoms. The summed E-state index contributed by atoms with van der Waals surface area (Å²) in [5.41, 5.74) is 0.459. The van der Waals surface area contributed by atoms with Gasteiger partial charge in [0.2, 0.25) is 0 Å². The number of nitrogens with zero attached hydrogens (tertiary/aromatic N) is 1. The molecule has 6 nitrogen and oxygen atoms in total. The first-order chi connectivity index (χ1) is 13.1. The number of amides is 2. The van der Waals surface area contributed by atoms with Gasteiger partial charge >= 0.3 is 0 Å². The predicted molar refractivity (Wildman–Crippen MR) is 108 cm³/mol. The van der Waals surface area contributed by atoms with Gasteiger partial charge in [0.15, 0.2) is 5.17 Å². The number of carbonyl (C=O) groups is 2. The highest BCUT2D eigenvalue weighted by Crippen LogP contribution is 2.28. The summed E-state index contributed by atoms with van der Waals surface area (Å²) in [6.45, 7) is 2.41. The first kappa shape index (κ1) is 19.7. The second kappa shape index (κ2) is 9.26. The lowest BCUT2D eigenvalue weighted by molar-refractivity contribution is -0.116. The highest BCUT2D eigenvalue weighted by Gasteiger charge is 2.31. The minimum absolute atomic E-state index is 0.196. The molecule has 0 aromatic heterocycles. The molecule has 2 aliphatic rings. The molecule has 146 valence electrons. The molecule has 1 aliphatic heterocycles. The molecule has 0 spiro atoms. The fourth-order valence-corrected chi connectivity index (χ4v) is 4.62. The normalized spacial score (nSPS) is 21.5. The molecule has 27 heavy (non-hydrogen) atoms. The third-order valence-electron chi connectivity index (χ3n) is 5.25. The van der Waals surface area contributed by atoms with E-state index in [0.717, 1.165) is 0 Å². The minimum Gasteiger partial charge on any atom is -0.496 e. The molecular weight excluding hydrogens is 362 g/mol. The minimum atomic E-state index is -0.385. The van der Waals surface area contributed by atoms with Crippen LogP contribution in [0.5, 0.6) is 5.75 Å². The maximum atomic E-state index is 12.4. The van der Waals surface area contributed by atoms with Crippen molar-refractivity contribution in [3.63, 3.8) is 0 Å². The molecule has 1 aliphatic carbocycles. The molecule has 2 atom stereocenters. The molecule has 2 N–H and O–H groups in total. The van der Waals surface area contributed by atoms with Crippen molar-refractivity contribution in [2.75, 3.05) is 13.7 Å². The number of aliphatic imine (C=N–C) groups is 1. The molecule has 0 radical (unpaired) electrons. The van der Waals surface area contributed by atoms with Gasteiger partial charge in [-0.2, -0.15) is 4.99 Å². The van der Waals surface area contributed by atoms with Crippen molar-refractivity contribution in [2.45, 2.75) is 50.3 Å². The third kappa shape index (κ3) is 5.03. The van der Waals surface area contributed by atoms with Crippen molar-refractivity contribution >= 4 is 28.7 Å². The fourth-order valence-electron chi connectivity index (χ4n) is 3.64. The molecule has 2 amide bonds. The Morgan fingerprint density at radius 3 is 2.78 bits per heavy atom. The van der Waals surface area contributed by atoms with Crippen molar-refractivity contribution in [1.29, 1.82) is 0 Å². The van der Waals surface area contributed by atoms with Crippen LogP contribution in [0, 0.1) is 5.92 Å². The van der Waals surface area contributed by atoms with E-state index in [1.807, 2.05) is 6.07 Å². The number of rotatable bonds is 6. The SMILES string of the molecule is COc1ccccc1C(=O)NCC1SC(N[C@@H](C)C2CCCCC2)=NC1=O. The predicted octanol–water partition coefficient (Wildman–Crippen LogP) is 2.98. The van der Waals surface area contributed by atoms with E-state index >= 15 is 0 Å². The summed E-state index contributed by atoms with van der Waals surface area (Å²) in [6.07, 6.45) is 6.36. The smallest absolute Gasteiger partial charge is 0.263 e. The number of thioether (sulfide) groups is 1. The van der Waals surface area contributed by atoms with Crippen LogP contribution in [0.2, 0.25) is 0 Å². The fraction of sp³-hybridized carbons (Fsp3) is 0.550. The van der Waals surface area contributed by atoms with E-state index in [1.165, 1.54) is 51.0 Å². The van der Waals surface area contributed by atoms with Crippen LogP contribution in [-0.4, -0.2) is 41.9 Å². The average molecular weight is 390 g/mol. The summed E-state index contributed by atoms with van der Waals surface area (Å²) < 4.78 is 5.21. The number of para-hydroxylation sites is 1. The lowest BCUT2D eigenvalue weighted by atomic mass is 9.85. The van der Waals surface area contributed by atoms with E-state index in [9.17, 15) is 9.59 Å². The van der Waals surface area contributed by atoms with Crippen molar-refractivity contribution in [3.05, 3.63) is 29.8 Å². The summed E-state index contributed by atoms with van der Waals surface area (Å²) in [6, 6.07) is 7.34. The number of hydrogen-bond acceptors (Lipinski definition) is 5. The van der Waals surface area contributed by atoms with E-state index in [4.69, 9.17) is 4.74 Å². The number of ether oxygens (including phenoxy) is 1. The summed E-state index contributed by atoms with van der Waals surface area (Å²) in [5, 5.41) is 6.52. The molecular formula is C20H27N3O3S. The van der Waals surface area contributed by atoms with Crippen LogP contribution in [0.4, 0.5) is 0 Å². The van der Waals surface area contributed by atoms with Crippen LogP contribution < -0.4 is 15.4 Å². The van der Waals surface area contributed by atoms with Crippen LogP contribution in [-0.2, 0) is 4.79 Å². The topological polar surface area (TPSA) is 79.8 Å². The van der Waals surface area contributed by atoms with E-state index in [1.54, 1.807) is 18.2 Å². The van der Waals surface area contributed by atoms with Gasteiger partial charge in [-0.3, -0.25) is 9.59 Å². The largest absolute Gasteiger partial charge is 0.496 e. The van der Waals surface area contributed by atoms with Gasteiger partial charge in [0, 0.05) is 12.6 Å². The Morgan fingerprint density at radius 1 is 1.30 bits per heavy atom. The molecule has 1 aromatic rings. The first-order valence-corrected chi connectivity index (χ1v) is 10.4. The zero-order valence-corrected chi connectivity index (χ0v) is 16.7. The number of nitrogens with one attached hydrogen (secondary N) is 2. The van der Waals surface area contributed by atoms with Crippen molar-refractivity contribution in [3.8, 4) is 5.75 Å². The quantitative estimate of drug-likeness (QED) is 0.782. The van der Waals surface area contributed by atoms with Crippen molar-refractivity contribution in [2.24, 2.45) is 10.9 Å². The van der Waals surface area contributed by atoms with E-state index in [2.05, 4.69) is 22.5 Å². The lowest BCUT2D eigenvalue weighted by Gasteiger charge is -2.28. The summed E-state index contributed by atoms with van der Waals surface area (Å²) in [7, 11) is 1.53. The average Bonchev–Trinajstić information content (AvgIpc) is 3.05. The lowest BCUT2D eigenvalue weighted by Crippen LogP contribution is -2.37. The van der Waals surface area contributed by atoms with Crippen LogP contribution in [0.15, 0.2) is 29.3 Å². The van der Waals surface area contributed by atoms with Crippen LogP contribution in [0.1, 0.15) is 49.4 Å². The Balaban J connectivity index is 1.49. The van der Waals surface area contributed by atoms with Gasteiger partial charge < -0.3 is 15.4 Å². The standard InChI is InChI=1S/C20H27N3O3S/c1-13(14-8-4-3-5-9-14)22-20-23-19(25)17(27-20)12-21-18(24)15-10-6-7-11-16(15)26-2/h6-7,10-11,13-14,17H,3-5,8-9,12H2,1-2H3,(H,21,24)(H,22,23,25)/t13-,17?/m0/s1. The number of hydrogen-bond donors (Lipinski definition) is 2. The zero-order chi connectivity index (χ0) is 19.2. The van der Waals surface area contributed by atoms with Gasteiger partial charge in [0.25, 0.3) is 11.8 Å². The molecule has 1 heterocycles. The number of methoxy groups -OCH3 is 1. The highest BCUT2D eigenvalue weighted by atomic mass is 32.2. The first-order valence-electron chi connectivity index (χ1n) is 9.55. The molecule has 3 rings (SSSR count). The van der Waals surface area contributed by atoms with Gasteiger partial charge in [-0.25, -0.2) is 0 Å².